The van der Waals surface area contributed by atoms with Crippen molar-refractivity contribution in [3.63, 3.8) is 0 Å². The summed E-state index contributed by atoms with van der Waals surface area (Å²) in [5.41, 5.74) is 0.601. The number of hydrogen-bond donors (Lipinski definition) is 1. The molecule has 0 saturated carbocycles. The molecule has 0 bridgehead atoms. The number of benzene rings is 1. The predicted octanol–water partition coefficient (Wildman–Crippen LogP) is 2.14. The Kier molecular flexibility index (Phi) is 6.15. The lowest BCUT2D eigenvalue weighted by Gasteiger charge is -2.08. The normalized spacial score (nSPS) is 10.2. The van der Waals surface area contributed by atoms with Gasteiger partial charge in [0.05, 0.1) is 6.61 Å². The van der Waals surface area contributed by atoms with Gasteiger partial charge in [-0.05, 0) is 32.1 Å². The third-order valence-corrected chi connectivity index (χ3v) is 2.08. The zero-order valence-electron chi connectivity index (χ0n) is 11.0. The monoisotopic (exact) mass is 263 g/mol. The molecular formula is C14H17NO4. The van der Waals surface area contributed by atoms with Crippen molar-refractivity contribution in [2.24, 2.45) is 0 Å². The Morgan fingerprint density at radius 1 is 1.37 bits per heavy atom. The third-order valence-electron chi connectivity index (χ3n) is 2.08. The molecule has 0 aliphatic carbocycles. The van der Waals surface area contributed by atoms with Crippen molar-refractivity contribution in [3.8, 4) is 5.75 Å². The molecular weight excluding hydrogens is 246 g/mol. The van der Waals surface area contributed by atoms with E-state index in [9.17, 15) is 9.59 Å². The molecule has 0 atom stereocenters. The van der Waals surface area contributed by atoms with Crippen LogP contribution < -0.4 is 10.1 Å². The Labute approximate surface area is 112 Å². The minimum atomic E-state index is -0.425. The van der Waals surface area contributed by atoms with Gasteiger partial charge in [0.2, 0.25) is 5.91 Å². The first-order chi connectivity index (χ1) is 9.15. The van der Waals surface area contributed by atoms with E-state index >= 15 is 0 Å². The SMILES string of the molecule is C/C=C/C(=O)Nc1cccc(OCC(=O)OCC)c1. The second kappa shape index (κ2) is 7.92. The van der Waals surface area contributed by atoms with Gasteiger partial charge in [0.1, 0.15) is 5.75 Å². The molecule has 1 aromatic carbocycles. The van der Waals surface area contributed by atoms with Crippen molar-refractivity contribution in [3.05, 3.63) is 36.4 Å². The van der Waals surface area contributed by atoms with Crippen molar-refractivity contribution < 1.29 is 19.1 Å². The van der Waals surface area contributed by atoms with Gasteiger partial charge >= 0.3 is 5.97 Å². The third kappa shape index (κ3) is 5.72. The number of hydrogen-bond acceptors (Lipinski definition) is 4. The van der Waals surface area contributed by atoms with Gasteiger partial charge in [-0.1, -0.05) is 12.1 Å². The van der Waals surface area contributed by atoms with Crippen LogP contribution in [0.3, 0.4) is 0 Å². The molecule has 5 heteroatoms. The largest absolute Gasteiger partial charge is 0.482 e. The summed E-state index contributed by atoms with van der Waals surface area (Å²) >= 11 is 0. The Hall–Kier alpha value is -2.30. The lowest BCUT2D eigenvalue weighted by molar-refractivity contribution is -0.145. The lowest BCUT2D eigenvalue weighted by Crippen LogP contribution is -2.14. The van der Waals surface area contributed by atoms with Gasteiger partial charge in [0, 0.05) is 11.8 Å². The van der Waals surface area contributed by atoms with Crippen LogP contribution in [0.2, 0.25) is 0 Å². The van der Waals surface area contributed by atoms with Gasteiger partial charge in [-0.15, -0.1) is 0 Å². The van der Waals surface area contributed by atoms with Crippen LogP contribution in [0.25, 0.3) is 0 Å². The lowest BCUT2D eigenvalue weighted by atomic mass is 10.3. The zero-order valence-corrected chi connectivity index (χ0v) is 11.0. The molecule has 0 aliphatic heterocycles. The average Bonchev–Trinajstić information content (AvgIpc) is 2.37. The van der Waals surface area contributed by atoms with Crippen molar-refractivity contribution >= 4 is 17.6 Å². The Morgan fingerprint density at radius 3 is 2.84 bits per heavy atom. The van der Waals surface area contributed by atoms with E-state index < -0.39 is 5.97 Å². The van der Waals surface area contributed by atoms with E-state index in [4.69, 9.17) is 9.47 Å². The maximum Gasteiger partial charge on any atom is 0.344 e. The number of allylic oxidation sites excluding steroid dienone is 1. The van der Waals surface area contributed by atoms with E-state index in [0.29, 0.717) is 18.0 Å². The summed E-state index contributed by atoms with van der Waals surface area (Å²) in [5.74, 6) is -0.151. The van der Waals surface area contributed by atoms with Gasteiger partial charge in [0.25, 0.3) is 0 Å². The molecule has 1 amide bonds. The summed E-state index contributed by atoms with van der Waals surface area (Å²) in [6.07, 6.45) is 3.07. The Bertz CT molecular complexity index is 468. The molecule has 0 spiro atoms. The van der Waals surface area contributed by atoms with Crippen LogP contribution in [0.1, 0.15) is 13.8 Å². The molecule has 1 rings (SSSR count). The maximum absolute atomic E-state index is 11.4. The van der Waals surface area contributed by atoms with Crippen molar-refractivity contribution in [1.82, 2.24) is 0 Å². The van der Waals surface area contributed by atoms with Crippen LogP contribution in [0.15, 0.2) is 36.4 Å². The highest BCUT2D eigenvalue weighted by Gasteiger charge is 2.04. The van der Waals surface area contributed by atoms with E-state index in [-0.39, 0.29) is 12.5 Å². The van der Waals surface area contributed by atoms with E-state index in [0.717, 1.165) is 0 Å². The van der Waals surface area contributed by atoms with E-state index in [2.05, 4.69) is 5.32 Å². The summed E-state index contributed by atoms with van der Waals surface area (Å²) in [4.78, 5) is 22.5. The minimum absolute atomic E-state index is 0.153. The quantitative estimate of drug-likeness (QED) is 0.631. The average molecular weight is 263 g/mol. The molecule has 19 heavy (non-hydrogen) atoms. The fourth-order valence-electron chi connectivity index (χ4n) is 1.34. The fourth-order valence-corrected chi connectivity index (χ4v) is 1.34. The van der Waals surface area contributed by atoms with Crippen LogP contribution in [0.4, 0.5) is 5.69 Å². The summed E-state index contributed by atoms with van der Waals surface area (Å²) in [5, 5.41) is 2.67. The van der Waals surface area contributed by atoms with Crippen molar-refractivity contribution in [2.75, 3.05) is 18.5 Å². The molecule has 5 nitrogen and oxygen atoms in total. The van der Waals surface area contributed by atoms with Gasteiger partial charge in [0.15, 0.2) is 6.61 Å². The predicted molar refractivity (Wildman–Crippen MR) is 72.0 cm³/mol. The summed E-state index contributed by atoms with van der Waals surface area (Å²) in [6, 6.07) is 6.80. The summed E-state index contributed by atoms with van der Waals surface area (Å²) < 4.78 is 10.0. The molecule has 1 aromatic rings. The van der Waals surface area contributed by atoms with Crippen molar-refractivity contribution in [2.45, 2.75) is 13.8 Å². The maximum atomic E-state index is 11.4. The topological polar surface area (TPSA) is 64.6 Å². The number of carbonyl (C=O) groups is 2. The first-order valence-corrected chi connectivity index (χ1v) is 5.98. The first-order valence-electron chi connectivity index (χ1n) is 5.98. The number of carbonyl (C=O) groups excluding carboxylic acids is 2. The molecule has 1 N–H and O–H groups in total. The molecule has 0 heterocycles. The van der Waals surface area contributed by atoms with E-state index in [1.807, 2.05) is 0 Å². The van der Waals surface area contributed by atoms with Crippen LogP contribution in [-0.2, 0) is 14.3 Å². The molecule has 102 valence electrons. The number of ether oxygens (including phenoxy) is 2. The number of anilines is 1. The van der Waals surface area contributed by atoms with Crippen LogP contribution >= 0.6 is 0 Å². The van der Waals surface area contributed by atoms with Gasteiger partial charge in [-0.3, -0.25) is 4.79 Å². The number of rotatable bonds is 6. The second-order valence-corrected chi connectivity index (χ2v) is 3.61. The van der Waals surface area contributed by atoms with Crippen LogP contribution in [0.5, 0.6) is 5.75 Å². The van der Waals surface area contributed by atoms with Crippen molar-refractivity contribution in [1.29, 1.82) is 0 Å². The first kappa shape index (κ1) is 14.8. The minimum Gasteiger partial charge on any atom is -0.482 e. The Morgan fingerprint density at radius 2 is 2.16 bits per heavy atom. The summed E-state index contributed by atoms with van der Waals surface area (Å²) in [6.45, 7) is 3.66. The molecule has 0 radical (unpaired) electrons. The number of esters is 1. The van der Waals surface area contributed by atoms with Crippen LogP contribution in [0, 0.1) is 0 Å². The summed E-state index contributed by atoms with van der Waals surface area (Å²) in [7, 11) is 0. The highest BCUT2D eigenvalue weighted by atomic mass is 16.6. The van der Waals surface area contributed by atoms with E-state index in [1.54, 1.807) is 44.2 Å². The zero-order chi connectivity index (χ0) is 14.1. The number of amides is 1. The highest BCUT2D eigenvalue weighted by molar-refractivity contribution is 5.99. The standard InChI is InChI=1S/C14H17NO4/c1-3-6-13(16)15-11-7-5-8-12(9-11)19-10-14(17)18-4-2/h3,5-9H,4,10H2,1-2H3,(H,15,16)/b6-3+. The Balaban J connectivity index is 2.57. The number of nitrogens with one attached hydrogen (secondary N) is 1. The van der Waals surface area contributed by atoms with Crippen LogP contribution in [-0.4, -0.2) is 25.1 Å². The molecule has 0 aromatic heterocycles. The molecule has 0 aliphatic rings. The smallest absolute Gasteiger partial charge is 0.344 e. The van der Waals surface area contributed by atoms with Gasteiger partial charge in [-0.2, -0.15) is 0 Å². The van der Waals surface area contributed by atoms with Gasteiger partial charge in [-0.25, -0.2) is 4.79 Å². The molecule has 0 fully saturated rings. The second-order valence-electron chi connectivity index (χ2n) is 3.61. The molecule has 0 unspecified atom stereocenters. The molecule has 0 saturated heterocycles. The highest BCUT2D eigenvalue weighted by Crippen LogP contribution is 2.17. The van der Waals surface area contributed by atoms with Gasteiger partial charge < -0.3 is 14.8 Å². The van der Waals surface area contributed by atoms with E-state index in [1.165, 1.54) is 6.08 Å². The fraction of sp³-hybridized carbons (Fsp3) is 0.286.